The maximum atomic E-state index is 13.4. The Morgan fingerprint density at radius 1 is 1.00 bits per heavy atom. The predicted molar refractivity (Wildman–Crippen MR) is 124 cm³/mol. The number of amides is 3. The number of hydrogen-bond acceptors (Lipinski definition) is 2. The number of carbonyl (C=O) groups excluding carboxylic acids is 2. The minimum atomic E-state index is -0.456. The summed E-state index contributed by atoms with van der Waals surface area (Å²) in [4.78, 5) is 29.1. The third kappa shape index (κ3) is 4.80. The molecule has 0 atom stereocenters. The molecule has 0 aliphatic carbocycles. The monoisotopic (exact) mass is 431 g/mol. The van der Waals surface area contributed by atoms with Crippen LogP contribution < -0.4 is 10.2 Å². The van der Waals surface area contributed by atoms with Gasteiger partial charge in [0.15, 0.2) is 0 Å². The molecule has 0 aromatic heterocycles. The quantitative estimate of drug-likeness (QED) is 0.578. The molecule has 4 rings (SSSR count). The van der Waals surface area contributed by atoms with E-state index in [4.69, 9.17) is 0 Å². The highest BCUT2D eigenvalue weighted by molar-refractivity contribution is 6.04. The Labute approximate surface area is 187 Å². The van der Waals surface area contributed by atoms with E-state index in [-0.39, 0.29) is 17.5 Å². The normalized spacial score (nSPS) is 13.9. The lowest BCUT2D eigenvalue weighted by Crippen LogP contribution is -2.49. The van der Waals surface area contributed by atoms with Crippen molar-refractivity contribution in [3.8, 4) is 0 Å². The lowest BCUT2D eigenvalue weighted by molar-refractivity contribution is 0.102. The molecule has 164 valence electrons. The summed E-state index contributed by atoms with van der Waals surface area (Å²) in [7, 11) is 0. The summed E-state index contributed by atoms with van der Waals surface area (Å²) in [6, 6.07) is 19.0. The Hall–Kier alpha value is -3.67. The van der Waals surface area contributed by atoms with Crippen molar-refractivity contribution in [3.63, 3.8) is 0 Å². The fourth-order valence-corrected chi connectivity index (χ4v) is 3.90. The average Bonchev–Trinajstić information content (AvgIpc) is 2.78. The third-order valence-corrected chi connectivity index (χ3v) is 5.70. The van der Waals surface area contributed by atoms with Gasteiger partial charge in [-0.05, 0) is 73.9 Å². The standard InChI is InChI=1S/C26H26FN3O2/c1-18-7-8-19(2)21(15-18)17-29-13-4-14-30(26(29)32)24-11-9-23(10-12-24)28-25(31)20-5-3-6-22(27)16-20/h3,5-12,15-16H,4,13-14,17H2,1-2H3,(H,28,31). The Morgan fingerprint density at radius 2 is 1.78 bits per heavy atom. The molecule has 0 saturated carbocycles. The van der Waals surface area contributed by atoms with E-state index in [0.29, 0.717) is 18.8 Å². The number of halogens is 1. The molecule has 0 spiro atoms. The van der Waals surface area contributed by atoms with Crippen molar-refractivity contribution in [1.29, 1.82) is 0 Å². The van der Waals surface area contributed by atoms with Crippen LogP contribution >= 0.6 is 0 Å². The number of carbonyl (C=O) groups is 2. The van der Waals surface area contributed by atoms with Crippen LogP contribution in [-0.2, 0) is 6.54 Å². The van der Waals surface area contributed by atoms with Crippen LogP contribution in [0.2, 0.25) is 0 Å². The molecule has 0 bridgehead atoms. The molecule has 3 aromatic rings. The highest BCUT2D eigenvalue weighted by atomic mass is 19.1. The molecule has 32 heavy (non-hydrogen) atoms. The topological polar surface area (TPSA) is 52.6 Å². The summed E-state index contributed by atoms with van der Waals surface area (Å²) in [5.74, 6) is -0.840. The number of anilines is 2. The first kappa shape index (κ1) is 21.6. The summed E-state index contributed by atoms with van der Waals surface area (Å²) >= 11 is 0. The molecule has 1 aliphatic heterocycles. The van der Waals surface area contributed by atoms with E-state index in [0.717, 1.165) is 24.2 Å². The number of hydrogen-bond donors (Lipinski definition) is 1. The molecular weight excluding hydrogens is 405 g/mol. The van der Waals surface area contributed by atoms with Crippen molar-refractivity contribution in [3.05, 3.63) is 94.8 Å². The first-order chi connectivity index (χ1) is 15.4. The van der Waals surface area contributed by atoms with Crippen molar-refractivity contribution >= 4 is 23.3 Å². The third-order valence-electron chi connectivity index (χ3n) is 5.70. The largest absolute Gasteiger partial charge is 0.324 e. The predicted octanol–water partition coefficient (Wildman–Crippen LogP) is 5.53. The van der Waals surface area contributed by atoms with E-state index in [1.807, 2.05) is 17.0 Å². The molecule has 1 N–H and O–H groups in total. The molecule has 6 heteroatoms. The van der Waals surface area contributed by atoms with Crippen LogP contribution in [-0.4, -0.2) is 29.9 Å². The Morgan fingerprint density at radius 3 is 2.53 bits per heavy atom. The van der Waals surface area contributed by atoms with Crippen molar-refractivity contribution in [2.75, 3.05) is 23.3 Å². The summed E-state index contributed by atoms with van der Waals surface area (Å²) in [6.07, 6.45) is 0.884. The van der Waals surface area contributed by atoms with Crippen LogP contribution in [0.4, 0.5) is 20.6 Å². The average molecular weight is 432 g/mol. The van der Waals surface area contributed by atoms with Gasteiger partial charge in [0.25, 0.3) is 5.91 Å². The minimum Gasteiger partial charge on any atom is -0.322 e. The fraction of sp³-hybridized carbons (Fsp3) is 0.231. The first-order valence-corrected chi connectivity index (χ1v) is 10.7. The van der Waals surface area contributed by atoms with Gasteiger partial charge in [-0.15, -0.1) is 0 Å². The Balaban J connectivity index is 1.44. The van der Waals surface area contributed by atoms with Gasteiger partial charge in [-0.25, -0.2) is 9.18 Å². The van der Waals surface area contributed by atoms with Crippen LogP contribution in [0.5, 0.6) is 0 Å². The fourth-order valence-electron chi connectivity index (χ4n) is 3.90. The van der Waals surface area contributed by atoms with E-state index >= 15 is 0 Å². The lowest BCUT2D eigenvalue weighted by atomic mass is 10.0. The number of nitrogens with zero attached hydrogens (tertiary/aromatic N) is 2. The van der Waals surface area contributed by atoms with Crippen molar-refractivity contribution in [2.24, 2.45) is 0 Å². The Kier molecular flexibility index (Phi) is 6.21. The molecule has 0 unspecified atom stereocenters. The van der Waals surface area contributed by atoms with Crippen LogP contribution in [0.1, 0.15) is 33.5 Å². The molecule has 0 radical (unpaired) electrons. The highest BCUT2D eigenvalue weighted by Crippen LogP contribution is 2.24. The zero-order valence-corrected chi connectivity index (χ0v) is 18.3. The van der Waals surface area contributed by atoms with Crippen molar-refractivity contribution in [2.45, 2.75) is 26.8 Å². The van der Waals surface area contributed by atoms with Gasteiger partial charge < -0.3 is 10.2 Å². The van der Waals surface area contributed by atoms with E-state index in [9.17, 15) is 14.0 Å². The van der Waals surface area contributed by atoms with E-state index in [1.165, 1.54) is 29.3 Å². The van der Waals surface area contributed by atoms with Gasteiger partial charge in [0.1, 0.15) is 5.82 Å². The zero-order chi connectivity index (χ0) is 22.7. The number of nitrogens with one attached hydrogen (secondary N) is 1. The van der Waals surface area contributed by atoms with Crippen LogP contribution in [0.3, 0.4) is 0 Å². The van der Waals surface area contributed by atoms with E-state index in [1.54, 1.807) is 23.1 Å². The molecule has 3 amide bonds. The summed E-state index contributed by atoms with van der Waals surface area (Å²) in [5.41, 5.74) is 5.14. The number of rotatable bonds is 5. The second kappa shape index (κ2) is 9.22. The van der Waals surface area contributed by atoms with Gasteiger partial charge in [0.05, 0.1) is 0 Å². The smallest absolute Gasteiger partial charge is 0.322 e. The minimum absolute atomic E-state index is 0.0197. The number of urea groups is 1. The van der Waals surface area contributed by atoms with Gasteiger partial charge in [-0.3, -0.25) is 9.69 Å². The maximum Gasteiger partial charge on any atom is 0.324 e. The summed E-state index contributed by atoms with van der Waals surface area (Å²) in [6.45, 7) is 6.09. The summed E-state index contributed by atoms with van der Waals surface area (Å²) < 4.78 is 13.4. The molecule has 5 nitrogen and oxygen atoms in total. The molecule has 1 aliphatic rings. The Bertz CT molecular complexity index is 1140. The molecule has 1 heterocycles. The van der Waals surface area contributed by atoms with Gasteiger partial charge >= 0.3 is 6.03 Å². The molecular formula is C26H26FN3O2. The summed E-state index contributed by atoms with van der Waals surface area (Å²) in [5, 5.41) is 2.76. The zero-order valence-electron chi connectivity index (χ0n) is 18.3. The van der Waals surface area contributed by atoms with Crippen LogP contribution in [0.25, 0.3) is 0 Å². The van der Waals surface area contributed by atoms with E-state index in [2.05, 4.69) is 37.4 Å². The second-order valence-electron chi connectivity index (χ2n) is 8.15. The lowest BCUT2D eigenvalue weighted by Gasteiger charge is -2.36. The number of aryl methyl sites for hydroxylation is 2. The van der Waals surface area contributed by atoms with Crippen molar-refractivity contribution < 1.29 is 14.0 Å². The van der Waals surface area contributed by atoms with Crippen LogP contribution in [0, 0.1) is 19.7 Å². The van der Waals surface area contributed by atoms with Gasteiger partial charge in [-0.1, -0.05) is 29.8 Å². The maximum absolute atomic E-state index is 13.4. The van der Waals surface area contributed by atoms with Crippen molar-refractivity contribution in [1.82, 2.24) is 4.90 Å². The van der Waals surface area contributed by atoms with Gasteiger partial charge in [0.2, 0.25) is 0 Å². The molecule has 3 aromatic carbocycles. The second-order valence-corrected chi connectivity index (χ2v) is 8.15. The van der Waals surface area contributed by atoms with Crippen LogP contribution in [0.15, 0.2) is 66.7 Å². The van der Waals surface area contributed by atoms with Gasteiger partial charge in [-0.2, -0.15) is 0 Å². The van der Waals surface area contributed by atoms with Gasteiger partial charge in [0, 0.05) is 36.6 Å². The first-order valence-electron chi connectivity index (χ1n) is 10.7. The highest BCUT2D eigenvalue weighted by Gasteiger charge is 2.27. The SMILES string of the molecule is Cc1ccc(C)c(CN2CCCN(c3ccc(NC(=O)c4cccc(F)c4)cc3)C2=O)c1. The molecule has 1 fully saturated rings. The molecule has 1 saturated heterocycles. The van der Waals surface area contributed by atoms with E-state index < -0.39 is 5.82 Å². The number of benzene rings is 3.